The first-order valence-electron chi connectivity index (χ1n) is 6.99. The van der Waals surface area contributed by atoms with Gasteiger partial charge in [-0.3, -0.25) is 0 Å². The summed E-state index contributed by atoms with van der Waals surface area (Å²) < 4.78 is 27.6. The van der Waals surface area contributed by atoms with Crippen molar-refractivity contribution in [2.24, 2.45) is 0 Å². The number of phenolic OH excluding ortho intramolecular Hbond substituents is 2. The van der Waals surface area contributed by atoms with E-state index in [9.17, 15) is 18.6 Å². The summed E-state index contributed by atoms with van der Waals surface area (Å²) in [4.78, 5) is 0. The molecule has 0 aromatic heterocycles. The SMILES string of the molecule is CCCNCC1(O[Br+2]([O-])[O-])CCCc2cc(O)c(O)cc21. The molecule has 1 aliphatic carbocycles. The Bertz CT molecular complexity index is 496. The molecular weight excluding hydrogens is 342 g/mol. The van der Waals surface area contributed by atoms with Crippen LogP contribution in [0.25, 0.3) is 0 Å². The number of halogens is 1. The van der Waals surface area contributed by atoms with E-state index in [0.29, 0.717) is 18.5 Å². The third-order valence-electron chi connectivity index (χ3n) is 3.77. The fourth-order valence-electron chi connectivity index (χ4n) is 2.83. The molecule has 0 saturated heterocycles. The third-order valence-corrected chi connectivity index (χ3v) is 4.65. The summed E-state index contributed by atoms with van der Waals surface area (Å²) in [5.41, 5.74) is 0.466. The molecule has 0 radical (unpaired) electrons. The predicted octanol–water partition coefficient (Wildman–Crippen LogP) is -0.268. The number of hydrogen-bond acceptors (Lipinski definition) is 6. The van der Waals surface area contributed by atoms with Crippen LogP contribution in [-0.2, 0) is 15.9 Å². The van der Waals surface area contributed by atoms with Crippen molar-refractivity contribution in [1.82, 2.24) is 5.32 Å². The van der Waals surface area contributed by atoms with Crippen molar-refractivity contribution in [3.8, 4) is 11.5 Å². The number of fused-ring (bicyclic) bond motifs is 1. The lowest BCUT2D eigenvalue weighted by Crippen LogP contribution is -2.49. The molecule has 0 fully saturated rings. The Balaban J connectivity index is 2.39. The van der Waals surface area contributed by atoms with Gasteiger partial charge in [-0.25, -0.2) is 0 Å². The average Bonchev–Trinajstić information content (AvgIpc) is 2.41. The molecule has 6 nitrogen and oxygen atoms in total. The van der Waals surface area contributed by atoms with Crippen LogP contribution in [0.4, 0.5) is 0 Å². The van der Waals surface area contributed by atoms with Crippen molar-refractivity contribution in [3.05, 3.63) is 23.3 Å². The molecule has 2 rings (SSSR count). The average molecular weight is 362 g/mol. The smallest absolute Gasteiger partial charge is 0.437 e. The zero-order valence-electron chi connectivity index (χ0n) is 11.9. The summed E-state index contributed by atoms with van der Waals surface area (Å²) in [5.74, 6) is -0.453. The molecule has 0 aliphatic heterocycles. The van der Waals surface area contributed by atoms with E-state index in [1.807, 2.05) is 6.92 Å². The van der Waals surface area contributed by atoms with Crippen LogP contribution in [0.3, 0.4) is 0 Å². The van der Waals surface area contributed by atoms with Gasteiger partial charge in [0, 0.05) is 12.1 Å². The van der Waals surface area contributed by atoms with Gasteiger partial charge in [-0.05, 0) is 53.8 Å². The maximum Gasteiger partial charge on any atom is 0.437 e. The lowest BCUT2D eigenvalue weighted by atomic mass is 9.78. The van der Waals surface area contributed by atoms with E-state index < -0.39 is 20.4 Å². The molecule has 21 heavy (non-hydrogen) atoms. The van der Waals surface area contributed by atoms with Crippen LogP contribution in [0.5, 0.6) is 11.5 Å². The van der Waals surface area contributed by atoms with Crippen LogP contribution >= 0.6 is 0 Å². The molecule has 1 aliphatic rings. The van der Waals surface area contributed by atoms with Crippen molar-refractivity contribution >= 4 is 0 Å². The van der Waals surface area contributed by atoms with Gasteiger partial charge in [0.25, 0.3) is 0 Å². The molecular formula is C14H20BrNO5. The van der Waals surface area contributed by atoms with Gasteiger partial charge in [-0.15, -0.1) is 0 Å². The van der Waals surface area contributed by atoms with E-state index >= 15 is 0 Å². The Kier molecular flexibility index (Phi) is 5.45. The summed E-state index contributed by atoms with van der Waals surface area (Å²) in [6.45, 7) is 3.14. The van der Waals surface area contributed by atoms with E-state index in [-0.39, 0.29) is 11.5 Å². The van der Waals surface area contributed by atoms with Crippen molar-refractivity contribution < 1.29 is 37.3 Å². The topological polar surface area (TPSA) is 108 Å². The maximum atomic E-state index is 11.2. The number of aryl methyl sites for hydroxylation is 1. The van der Waals surface area contributed by atoms with Crippen LogP contribution in [0.1, 0.15) is 37.3 Å². The molecule has 1 aromatic rings. The normalized spacial score (nSPS) is 21.5. The van der Waals surface area contributed by atoms with Gasteiger partial charge in [-0.1, -0.05) is 6.92 Å². The molecule has 7 heteroatoms. The molecule has 3 N–H and O–H groups in total. The maximum absolute atomic E-state index is 11.2. The molecule has 0 bridgehead atoms. The highest BCUT2D eigenvalue weighted by atomic mass is 80.0. The van der Waals surface area contributed by atoms with Gasteiger partial charge in [0.1, 0.15) is 0 Å². The van der Waals surface area contributed by atoms with Crippen LogP contribution in [0.2, 0.25) is 0 Å². The van der Waals surface area contributed by atoms with Gasteiger partial charge in [-0.2, -0.15) is 0 Å². The van der Waals surface area contributed by atoms with Crippen molar-refractivity contribution in [1.29, 1.82) is 0 Å². The zero-order valence-corrected chi connectivity index (χ0v) is 13.5. The van der Waals surface area contributed by atoms with Gasteiger partial charge in [0.05, 0.1) is 0 Å². The second-order valence-electron chi connectivity index (χ2n) is 5.29. The highest BCUT2D eigenvalue weighted by molar-refractivity contribution is 5.49. The third kappa shape index (κ3) is 3.67. The minimum absolute atomic E-state index is 0.193. The molecule has 118 valence electrons. The monoisotopic (exact) mass is 361 g/mol. The second kappa shape index (κ2) is 6.93. The van der Waals surface area contributed by atoms with Crippen LogP contribution < -0.4 is 13.7 Å². The van der Waals surface area contributed by atoms with Crippen LogP contribution in [-0.4, -0.2) is 23.3 Å². The Morgan fingerprint density at radius 3 is 2.71 bits per heavy atom. The Hall–Kier alpha value is -0.860. The largest absolute Gasteiger partial charge is 0.504 e. The van der Waals surface area contributed by atoms with E-state index in [1.54, 1.807) is 0 Å². The van der Waals surface area contributed by atoms with E-state index in [0.717, 1.165) is 31.4 Å². The zero-order chi connectivity index (χ0) is 15.5. The standard InChI is InChI=1S/C14H20BrNO5/c1-2-6-16-9-14(21-15(19)20)5-3-4-10-7-12(17)13(18)8-11(10)14/h7-8,16-18H,2-6,9H2,1H3. The molecule has 1 atom stereocenters. The van der Waals surface area contributed by atoms with E-state index in [2.05, 4.69) is 5.32 Å². The number of hydrogen-bond donors (Lipinski definition) is 3. The number of nitrogens with one attached hydrogen (secondary N) is 1. The molecule has 1 unspecified atom stereocenters. The van der Waals surface area contributed by atoms with E-state index in [4.69, 9.17) is 3.83 Å². The first-order valence-corrected chi connectivity index (χ1v) is 8.94. The van der Waals surface area contributed by atoms with Gasteiger partial charge in [0.15, 0.2) is 11.5 Å². The first-order chi connectivity index (χ1) is 9.98. The number of rotatable bonds is 6. The minimum atomic E-state index is -3.40. The summed E-state index contributed by atoms with van der Waals surface area (Å²) in [7, 11) is 0. The summed E-state index contributed by atoms with van der Waals surface area (Å²) >= 11 is -3.40. The Labute approximate surface area is 129 Å². The predicted molar refractivity (Wildman–Crippen MR) is 68.6 cm³/mol. The molecule has 0 saturated carbocycles. The first kappa shape index (κ1) is 16.5. The van der Waals surface area contributed by atoms with Gasteiger partial charge < -0.3 is 23.9 Å². The number of phenols is 2. The van der Waals surface area contributed by atoms with E-state index in [1.165, 1.54) is 12.1 Å². The second-order valence-corrected chi connectivity index (χ2v) is 6.41. The Morgan fingerprint density at radius 2 is 2.05 bits per heavy atom. The summed E-state index contributed by atoms with van der Waals surface area (Å²) in [5, 5.41) is 22.6. The highest BCUT2D eigenvalue weighted by Crippen LogP contribution is 2.42. The fraction of sp³-hybridized carbons (Fsp3) is 0.571. The van der Waals surface area contributed by atoms with Crippen molar-refractivity contribution in [2.45, 2.75) is 38.2 Å². The molecule has 1 aromatic carbocycles. The van der Waals surface area contributed by atoms with Gasteiger partial charge >= 0.3 is 14.8 Å². The molecule has 0 heterocycles. The molecule has 0 spiro atoms. The number of benzene rings is 1. The fourth-order valence-corrected chi connectivity index (χ4v) is 3.79. The minimum Gasteiger partial charge on any atom is -0.504 e. The summed E-state index contributed by atoms with van der Waals surface area (Å²) in [6, 6.07) is 2.91. The lowest BCUT2D eigenvalue weighted by Gasteiger charge is -2.33. The van der Waals surface area contributed by atoms with Crippen molar-refractivity contribution in [3.63, 3.8) is 0 Å². The highest BCUT2D eigenvalue weighted by Gasteiger charge is 2.47. The van der Waals surface area contributed by atoms with Crippen LogP contribution in [0.15, 0.2) is 12.1 Å². The molecule has 0 amide bonds. The van der Waals surface area contributed by atoms with Gasteiger partial charge in [0.2, 0.25) is 5.60 Å². The lowest BCUT2D eigenvalue weighted by molar-refractivity contribution is -1.63. The number of aromatic hydroxyl groups is 2. The van der Waals surface area contributed by atoms with Crippen molar-refractivity contribution in [2.75, 3.05) is 13.1 Å². The van der Waals surface area contributed by atoms with Crippen LogP contribution in [0, 0.1) is 14.8 Å². The Morgan fingerprint density at radius 1 is 1.33 bits per heavy atom. The summed E-state index contributed by atoms with van der Waals surface area (Å²) in [6.07, 6.45) is 2.97. The quantitative estimate of drug-likeness (QED) is 0.475.